The quantitative estimate of drug-likeness (QED) is 0.512. The van der Waals surface area contributed by atoms with Gasteiger partial charge in [0.25, 0.3) is 5.91 Å². The van der Waals surface area contributed by atoms with Gasteiger partial charge in [0.15, 0.2) is 0 Å². The van der Waals surface area contributed by atoms with Crippen molar-refractivity contribution in [2.75, 3.05) is 21.9 Å². The predicted molar refractivity (Wildman–Crippen MR) is 126 cm³/mol. The summed E-state index contributed by atoms with van der Waals surface area (Å²) in [6, 6.07) is 18.2. The van der Waals surface area contributed by atoms with Crippen molar-refractivity contribution < 1.29 is 13.2 Å². The largest absolute Gasteiger partial charge is 0.322 e. The first-order chi connectivity index (χ1) is 15.4. The fourth-order valence-electron chi connectivity index (χ4n) is 3.93. The van der Waals surface area contributed by atoms with E-state index in [0.29, 0.717) is 29.9 Å². The number of hydrogen-bond acceptors (Lipinski definition) is 4. The van der Waals surface area contributed by atoms with Crippen molar-refractivity contribution in [3.63, 3.8) is 0 Å². The lowest BCUT2D eigenvalue weighted by atomic mass is 10.1. The van der Waals surface area contributed by atoms with Crippen LogP contribution < -0.4 is 9.62 Å². The lowest BCUT2D eigenvalue weighted by Gasteiger charge is -2.17. The Bertz CT molecular complexity index is 1410. The third-order valence-corrected chi connectivity index (χ3v) is 7.50. The van der Waals surface area contributed by atoms with Crippen molar-refractivity contribution in [2.24, 2.45) is 0 Å². The fourth-order valence-corrected chi connectivity index (χ4v) is 5.49. The minimum atomic E-state index is -3.23. The standard InChI is InChI=1S/C24H22N4O3S/c1-17-4-2-13-27-16-22(26-23(17)27)18-5-9-20(10-6-18)25-24(29)19-7-11-21(12-8-19)28-14-3-15-32(28,30)31/h2,4-13,16H,3,14-15H2,1H3,(H,25,29). The van der Waals surface area contributed by atoms with E-state index in [1.165, 1.54) is 4.31 Å². The molecule has 4 aromatic rings. The molecule has 7 nitrogen and oxygen atoms in total. The van der Waals surface area contributed by atoms with Crippen LogP contribution in [0.4, 0.5) is 11.4 Å². The molecule has 0 radical (unpaired) electrons. The van der Waals surface area contributed by atoms with Gasteiger partial charge in [0, 0.05) is 35.8 Å². The van der Waals surface area contributed by atoms with Crippen LogP contribution in [0.2, 0.25) is 0 Å². The van der Waals surface area contributed by atoms with Gasteiger partial charge in [-0.1, -0.05) is 18.2 Å². The molecule has 1 saturated heterocycles. The van der Waals surface area contributed by atoms with E-state index in [2.05, 4.69) is 5.32 Å². The number of fused-ring (bicyclic) bond motifs is 1. The van der Waals surface area contributed by atoms with E-state index >= 15 is 0 Å². The molecular weight excluding hydrogens is 424 g/mol. The molecule has 0 bridgehead atoms. The van der Waals surface area contributed by atoms with Crippen LogP contribution in [0.5, 0.6) is 0 Å². The van der Waals surface area contributed by atoms with E-state index in [1.54, 1.807) is 24.3 Å². The van der Waals surface area contributed by atoms with Crippen molar-refractivity contribution in [2.45, 2.75) is 13.3 Å². The molecule has 5 rings (SSSR count). The number of aryl methyl sites for hydroxylation is 1. The second-order valence-electron chi connectivity index (χ2n) is 7.87. The Labute approximate surface area is 186 Å². The molecule has 1 amide bonds. The molecule has 0 unspecified atom stereocenters. The van der Waals surface area contributed by atoms with Crippen LogP contribution in [0.3, 0.4) is 0 Å². The summed E-state index contributed by atoms with van der Waals surface area (Å²) in [5.74, 6) is -0.0864. The van der Waals surface area contributed by atoms with Crippen LogP contribution in [0.15, 0.2) is 73.1 Å². The van der Waals surface area contributed by atoms with E-state index in [-0.39, 0.29) is 11.7 Å². The number of rotatable bonds is 4. The third-order valence-electron chi connectivity index (χ3n) is 5.63. The summed E-state index contributed by atoms with van der Waals surface area (Å²) in [4.78, 5) is 17.3. The minimum Gasteiger partial charge on any atom is -0.322 e. The van der Waals surface area contributed by atoms with Crippen molar-refractivity contribution in [1.29, 1.82) is 0 Å². The minimum absolute atomic E-state index is 0.166. The number of imidazole rings is 1. The Hall–Kier alpha value is -3.65. The maximum Gasteiger partial charge on any atom is 0.255 e. The van der Waals surface area contributed by atoms with E-state index in [4.69, 9.17) is 4.98 Å². The Morgan fingerprint density at radius 1 is 1.03 bits per heavy atom. The predicted octanol–water partition coefficient (Wildman–Crippen LogP) is 4.10. The highest BCUT2D eigenvalue weighted by Crippen LogP contribution is 2.25. The van der Waals surface area contributed by atoms with Gasteiger partial charge in [-0.15, -0.1) is 0 Å². The van der Waals surface area contributed by atoms with E-state index in [1.807, 2.05) is 60.1 Å². The fraction of sp³-hybridized carbons (Fsp3) is 0.167. The van der Waals surface area contributed by atoms with Gasteiger partial charge in [0.2, 0.25) is 10.0 Å². The number of carbonyl (C=O) groups is 1. The number of amides is 1. The average Bonchev–Trinajstić information content (AvgIpc) is 3.38. The van der Waals surface area contributed by atoms with Crippen LogP contribution in [-0.4, -0.2) is 36.0 Å². The van der Waals surface area contributed by atoms with Crippen LogP contribution in [0.1, 0.15) is 22.3 Å². The summed E-state index contributed by atoms with van der Waals surface area (Å²) in [6.45, 7) is 2.51. The number of nitrogens with one attached hydrogen (secondary N) is 1. The molecule has 2 aromatic heterocycles. The maximum absolute atomic E-state index is 12.6. The van der Waals surface area contributed by atoms with Gasteiger partial charge in [-0.05, 0) is 61.4 Å². The topological polar surface area (TPSA) is 83.8 Å². The van der Waals surface area contributed by atoms with Gasteiger partial charge < -0.3 is 9.72 Å². The lowest BCUT2D eigenvalue weighted by molar-refractivity contribution is 0.102. The molecule has 1 fully saturated rings. The van der Waals surface area contributed by atoms with Gasteiger partial charge >= 0.3 is 0 Å². The molecule has 0 atom stereocenters. The van der Waals surface area contributed by atoms with Crippen LogP contribution >= 0.6 is 0 Å². The van der Waals surface area contributed by atoms with Crippen molar-refractivity contribution in [1.82, 2.24) is 9.38 Å². The monoisotopic (exact) mass is 446 g/mol. The summed E-state index contributed by atoms with van der Waals surface area (Å²) in [5.41, 5.74) is 5.58. The van der Waals surface area contributed by atoms with Gasteiger partial charge in [-0.3, -0.25) is 9.10 Å². The smallest absolute Gasteiger partial charge is 0.255 e. The van der Waals surface area contributed by atoms with E-state index in [9.17, 15) is 13.2 Å². The summed E-state index contributed by atoms with van der Waals surface area (Å²) >= 11 is 0. The zero-order valence-corrected chi connectivity index (χ0v) is 18.3. The SMILES string of the molecule is Cc1cccn2cc(-c3ccc(NC(=O)c4ccc(N5CCCS5(=O)=O)cc4)cc3)nc12. The molecule has 1 aliphatic heterocycles. The number of pyridine rings is 1. The van der Waals surface area contributed by atoms with Crippen LogP contribution in [-0.2, 0) is 10.0 Å². The first kappa shape index (κ1) is 20.3. The Morgan fingerprint density at radius 3 is 2.44 bits per heavy atom. The molecule has 1 N–H and O–H groups in total. The van der Waals surface area contributed by atoms with Gasteiger partial charge in [0.1, 0.15) is 5.65 Å². The molecule has 162 valence electrons. The number of carbonyl (C=O) groups excluding carboxylic acids is 1. The van der Waals surface area contributed by atoms with Crippen LogP contribution in [0.25, 0.3) is 16.9 Å². The Balaban J connectivity index is 1.30. The first-order valence-electron chi connectivity index (χ1n) is 10.4. The van der Waals surface area contributed by atoms with Crippen molar-refractivity contribution in [3.8, 4) is 11.3 Å². The summed E-state index contributed by atoms with van der Waals surface area (Å²) in [6.07, 6.45) is 4.57. The molecule has 8 heteroatoms. The van der Waals surface area contributed by atoms with Crippen LogP contribution in [0, 0.1) is 6.92 Å². The lowest BCUT2D eigenvalue weighted by Crippen LogP contribution is -2.25. The van der Waals surface area contributed by atoms with Gasteiger partial charge in [0.05, 0.1) is 17.1 Å². The van der Waals surface area contributed by atoms with Gasteiger partial charge in [-0.25, -0.2) is 13.4 Å². The third kappa shape index (κ3) is 3.73. The number of sulfonamides is 1. The highest BCUT2D eigenvalue weighted by molar-refractivity contribution is 7.93. The molecule has 0 spiro atoms. The van der Waals surface area contributed by atoms with Crippen molar-refractivity contribution >= 4 is 33.0 Å². The summed E-state index contributed by atoms with van der Waals surface area (Å²) < 4.78 is 27.5. The molecule has 0 saturated carbocycles. The average molecular weight is 447 g/mol. The molecule has 32 heavy (non-hydrogen) atoms. The Kier molecular flexibility index (Phi) is 4.94. The molecule has 0 aliphatic carbocycles. The van der Waals surface area contributed by atoms with Gasteiger partial charge in [-0.2, -0.15) is 0 Å². The number of hydrogen-bond donors (Lipinski definition) is 1. The number of anilines is 2. The zero-order valence-electron chi connectivity index (χ0n) is 17.5. The molecule has 2 aromatic carbocycles. The number of nitrogens with zero attached hydrogens (tertiary/aromatic N) is 3. The normalized spacial score (nSPS) is 15.2. The van der Waals surface area contributed by atoms with Crippen molar-refractivity contribution in [3.05, 3.63) is 84.2 Å². The second-order valence-corrected chi connectivity index (χ2v) is 9.88. The first-order valence-corrected chi connectivity index (χ1v) is 12.0. The number of benzene rings is 2. The molecule has 1 aliphatic rings. The molecule has 3 heterocycles. The highest BCUT2D eigenvalue weighted by atomic mass is 32.2. The molecular formula is C24H22N4O3S. The summed E-state index contributed by atoms with van der Waals surface area (Å²) in [7, 11) is -3.23. The van der Waals surface area contributed by atoms with E-state index in [0.717, 1.165) is 22.5 Å². The number of aromatic nitrogens is 2. The maximum atomic E-state index is 12.6. The highest BCUT2D eigenvalue weighted by Gasteiger charge is 2.28. The van der Waals surface area contributed by atoms with E-state index < -0.39 is 10.0 Å². The Morgan fingerprint density at radius 2 is 1.78 bits per heavy atom. The zero-order chi connectivity index (χ0) is 22.3. The second kappa shape index (κ2) is 7.80. The summed E-state index contributed by atoms with van der Waals surface area (Å²) in [5, 5.41) is 2.88.